The van der Waals surface area contributed by atoms with E-state index in [0.717, 1.165) is 12.3 Å². The summed E-state index contributed by atoms with van der Waals surface area (Å²) in [5.41, 5.74) is 0. The Hall–Kier alpha value is -1.75. The second-order valence-electron chi connectivity index (χ2n) is 3.57. The molecule has 18 heavy (non-hydrogen) atoms. The lowest BCUT2D eigenvalue weighted by Gasteiger charge is -2.11. The molecule has 0 saturated carbocycles. The van der Waals surface area contributed by atoms with Crippen LogP contribution in [-0.4, -0.2) is 43.9 Å². The molecule has 0 aliphatic carbocycles. The van der Waals surface area contributed by atoms with Crippen molar-refractivity contribution in [1.82, 2.24) is 10.6 Å². The van der Waals surface area contributed by atoms with Crippen molar-refractivity contribution in [3.8, 4) is 5.75 Å². The normalized spacial score (nSPS) is 11.1. The SMILES string of the molecule is CCNC(=NCCO)NCCOc1ccccc1. The highest BCUT2D eigenvalue weighted by atomic mass is 16.5. The van der Waals surface area contributed by atoms with E-state index in [-0.39, 0.29) is 6.61 Å². The van der Waals surface area contributed by atoms with E-state index in [1.54, 1.807) is 0 Å². The van der Waals surface area contributed by atoms with Gasteiger partial charge in [-0.15, -0.1) is 0 Å². The molecular weight excluding hydrogens is 230 g/mol. The summed E-state index contributed by atoms with van der Waals surface area (Å²) in [6, 6.07) is 9.68. The Bertz CT molecular complexity index is 341. The highest BCUT2D eigenvalue weighted by Gasteiger charge is 1.96. The van der Waals surface area contributed by atoms with Gasteiger partial charge in [0.1, 0.15) is 12.4 Å². The summed E-state index contributed by atoms with van der Waals surface area (Å²) in [6.07, 6.45) is 0. The third-order valence-corrected chi connectivity index (χ3v) is 2.12. The van der Waals surface area contributed by atoms with Gasteiger partial charge in [-0.3, -0.25) is 4.99 Å². The summed E-state index contributed by atoms with van der Waals surface area (Å²) in [6.45, 7) is 4.46. The lowest BCUT2D eigenvalue weighted by atomic mass is 10.3. The molecule has 100 valence electrons. The van der Waals surface area contributed by atoms with Gasteiger partial charge in [0.2, 0.25) is 0 Å². The summed E-state index contributed by atoms with van der Waals surface area (Å²) >= 11 is 0. The topological polar surface area (TPSA) is 65.9 Å². The number of nitrogens with one attached hydrogen (secondary N) is 2. The molecule has 0 unspecified atom stereocenters. The van der Waals surface area contributed by atoms with E-state index in [9.17, 15) is 0 Å². The van der Waals surface area contributed by atoms with E-state index in [2.05, 4.69) is 15.6 Å². The van der Waals surface area contributed by atoms with Crippen LogP contribution in [0.4, 0.5) is 0 Å². The van der Waals surface area contributed by atoms with Crippen molar-refractivity contribution >= 4 is 5.96 Å². The molecule has 0 radical (unpaired) electrons. The number of nitrogens with zero attached hydrogens (tertiary/aromatic N) is 1. The molecule has 1 aromatic rings. The van der Waals surface area contributed by atoms with Crippen molar-refractivity contribution < 1.29 is 9.84 Å². The molecule has 5 nitrogen and oxygen atoms in total. The minimum atomic E-state index is 0.0527. The van der Waals surface area contributed by atoms with Gasteiger partial charge in [0.25, 0.3) is 0 Å². The third kappa shape index (κ3) is 6.10. The van der Waals surface area contributed by atoms with Gasteiger partial charge in [-0.25, -0.2) is 0 Å². The van der Waals surface area contributed by atoms with Gasteiger partial charge in [-0.2, -0.15) is 0 Å². The molecule has 1 aromatic carbocycles. The highest BCUT2D eigenvalue weighted by molar-refractivity contribution is 5.79. The number of guanidine groups is 1. The summed E-state index contributed by atoms with van der Waals surface area (Å²) in [7, 11) is 0. The number of rotatable bonds is 7. The zero-order valence-electron chi connectivity index (χ0n) is 10.7. The quantitative estimate of drug-likeness (QED) is 0.377. The molecular formula is C13H21N3O2. The molecule has 0 bridgehead atoms. The van der Waals surface area contributed by atoms with Crippen molar-refractivity contribution in [3.05, 3.63) is 30.3 Å². The predicted molar refractivity (Wildman–Crippen MR) is 73.0 cm³/mol. The Morgan fingerprint density at radius 2 is 2.06 bits per heavy atom. The van der Waals surface area contributed by atoms with Crippen molar-refractivity contribution in [2.24, 2.45) is 4.99 Å². The fraction of sp³-hybridized carbons (Fsp3) is 0.462. The predicted octanol–water partition coefficient (Wildman–Crippen LogP) is 0.613. The second kappa shape index (κ2) is 9.30. The van der Waals surface area contributed by atoms with Crippen LogP contribution in [-0.2, 0) is 0 Å². The summed E-state index contributed by atoms with van der Waals surface area (Å²) in [5.74, 6) is 1.56. The molecule has 0 spiro atoms. The number of hydrogen-bond donors (Lipinski definition) is 3. The largest absolute Gasteiger partial charge is 0.492 e. The van der Waals surface area contributed by atoms with E-state index in [1.165, 1.54) is 0 Å². The van der Waals surface area contributed by atoms with Crippen molar-refractivity contribution in [1.29, 1.82) is 0 Å². The lowest BCUT2D eigenvalue weighted by Crippen LogP contribution is -2.39. The number of hydrogen-bond acceptors (Lipinski definition) is 3. The van der Waals surface area contributed by atoms with Crippen LogP contribution in [0.1, 0.15) is 6.92 Å². The molecule has 0 atom stereocenters. The zero-order valence-corrected chi connectivity index (χ0v) is 10.7. The summed E-state index contributed by atoms with van der Waals surface area (Å²) < 4.78 is 5.54. The lowest BCUT2D eigenvalue weighted by molar-refractivity contribution is 0.306. The number of aliphatic hydroxyl groups excluding tert-OH is 1. The van der Waals surface area contributed by atoms with E-state index in [1.807, 2.05) is 37.3 Å². The molecule has 1 rings (SSSR count). The Labute approximate surface area is 108 Å². The maximum absolute atomic E-state index is 8.72. The number of para-hydroxylation sites is 1. The molecule has 0 aliphatic rings. The van der Waals surface area contributed by atoms with Gasteiger partial charge in [0, 0.05) is 6.54 Å². The van der Waals surface area contributed by atoms with E-state index >= 15 is 0 Å². The molecule has 0 aromatic heterocycles. The van der Waals surface area contributed by atoms with Gasteiger partial charge in [-0.1, -0.05) is 18.2 Å². The molecule has 0 aliphatic heterocycles. The van der Waals surface area contributed by atoms with Gasteiger partial charge in [0.05, 0.1) is 19.7 Å². The van der Waals surface area contributed by atoms with E-state index in [0.29, 0.717) is 25.7 Å². The fourth-order valence-electron chi connectivity index (χ4n) is 1.36. The average molecular weight is 251 g/mol. The van der Waals surface area contributed by atoms with Crippen LogP contribution in [0, 0.1) is 0 Å². The second-order valence-corrected chi connectivity index (χ2v) is 3.57. The van der Waals surface area contributed by atoms with Crippen LogP contribution in [0.15, 0.2) is 35.3 Å². The first-order valence-corrected chi connectivity index (χ1v) is 6.17. The van der Waals surface area contributed by atoms with Crippen LogP contribution in [0.25, 0.3) is 0 Å². The van der Waals surface area contributed by atoms with Gasteiger partial charge >= 0.3 is 0 Å². The van der Waals surface area contributed by atoms with E-state index < -0.39 is 0 Å². The fourth-order valence-corrected chi connectivity index (χ4v) is 1.36. The van der Waals surface area contributed by atoms with Gasteiger partial charge < -0.3 is 20.5 Å². The smallest absolute Gasteiger partial charge is 0.191 e. The highest BCUT2D eigenvalue weighted by Crippen LogP contribution is 2.07. The van der Waals surface area contributed by atoms with Crippen LogP contribution in [0.2, 0.25) is 0 Å². The molecule has 0 saturated heterocycles. The first kappa shape index (κ1) is 14.3. The number of aliphatic hydroxyl groups is 1. The zero-order chi connectivity index (χ0) is 13.1. The van der Waals surface area contributed by atoms with Crippen LogP contribution >= 0.6 is 0 Å². The first-order valence-electron chi connectivity index (χ1n) is 6.17. The number of aliphatic imine (C=N–C) groups is 1. The molecule has 3 N–H and O–H groups in total. The van der Waals surface area contributed by atoms with Crippen LogP contribution in [0.5, 0.6) is 5.75 Å². The average Bonchev–Trinajstić information content (AvgIpc) is 2.42. The summed E-state index contributed by atoms with van der Waals surface area (Å²) in [5, 5.41) is 14.9. The Kier molecular flexibility index (Phi) is 7.39. The Morgan fingerprint density at radius 3 is 2.72 bits per heavy atom. The maximum Gasteiger partial charge on any atom is 0.191 e. The molecule has 5 heteroatoms. The van der Waals surface area contributed by atoms with Gasteiger partial charge in [0.15, 0.2) is 5.96 Å². The van der Waals surface area contributed by atoms with Gasteiger partial charge in [-0.05, 0) is 19.1 Å². The Morgan fingerprint density at radius 1 is 1.28 bits per heavy atom. The molecule has 0 heterocycles. The summed E-state index contributed by atoms with van der Waals surface area (Å²) in [4.78, 5) is 4.17. The molecule has 0 fully saturated rings. The standard InChI is InChI=1S/C13H21N3O2/c1-2-14-13(15-8-10-17)16-9-11-18-12-6-4-3-5-7-12/h3-7,17H,2,8-11H2,1H3,(H2,14,15,16). The minimum Gasteiger partial charge on any atom is -0.492 e. The van der Waals surface area contributed by atoms with Crippen molar-refractivity contribution in [2.75, 3.05) is 32.8 Å². The van der Waals surface area contributed by atoms with Crippen LogP contribution < -0.4 is 15.4 Å². The maximum atomic E-state index is 8.72. The minimum absolute atomic E-state index is 0.0527. The van der Waals surface area contributed by atoms with E-state index in [4.69, 9.17) is 9.84 Å². The first-order chi connectivity index (χ1) is 8.86. The number of ether oxygens (including phenoxy) is 1. The third-order valence-electron chi connectivity index (χ3n) is 2.12. The molecule has 0 amide bonds. The van der Waals surface area contributed by atoms with Crippen LogP contribution in [0.3, 0.4) is 0 Å². The van der Waals surface area contributed by atoms with Crippen molar-refractivity contribution in [2.45, 2.75) is 6.92 Å². The Balaban J connectivity index is 2.22. The monoisotopic (exact) mass is 251 g/mol. The van der Waals surface area contributed by atoms with Crippen molar-refractivity contribution in [3.63, 3.8) is 0 Å². The number of benzene rings is 1.